The van der Waals surface area contributed by atoms with E-state index in [4.69, 9.17) is 0 Å². The first-order chi connectivity index (χ1) is 5.85. The second-order valence-electron chi connectivity index (χ2n) is 2.88. The number of aliphatic imine (C=N–C) groups is 1. The Morgan fingerprint density at radius 2 is 2.17 bits per heavy atom. The lowest BCUT2D eigenvalue weighted by molar-refractivity contribution is 0.547. The van der Waals surface area contributed by atoms with E-state index >= 15 is 0 Å². The molecule has 0 aromatic rings. The van der Waals surface area contributed by atoms with Gasteiger partial charge in [-0.3, -0.25) is 0 Å². The van der Waals surface area contributed by atoms with Gasteiger partial charge in [0, 0.05) is 4.43 Å². The summed E-state index contributed by atoms with van der Waals surface area (Å²) in [5, 5.41) is 0. The Kier molecular flexibility index (Phi) is 9.28. The number of hydrogen-bond donors (Lipinski definition) is 0. The number of alkyl halides is 1. The summed E-state index contributed by atoms with van der Waals surface area (Å²) in [5.74, 6) is 0. The first-order valence-corrected chi connectivity index (χ1v) is 6.00. The van der Waals surface area contributed by atoms with Crippen molar-refractivity contribution in [3.63, 3.8) is 0 Å². The van der Waals surface area contributed by atoms with Gasteiger partial charge in [-0.05, 0) is 6.42 Å². The summed E-state index contributed by atoms with van der Waals surface area (Å²) >= 11 is 2.26. The molecule has 1 unspecified atom stereocenters. The molecule has 0 spiro atoms. The summed E-state index contributed by atoms with van der Waals surface area (Å²) in [6.45, 7) is 2.19. The lowest BCUT2D eigenvalue weighted by Gasteiger charge is -2.05. The highest BCUT2D eigenvalue weighted by Crippen LogP contribution is 2.09. The van der Waals surface area contributed by atoms with Crippen molar-refractivity contribution in [1.82, 2.24) is 0 Å². The van der Waals surface area contributed by atoms with Crippen LogP contribution in [0.15, 0.2) is 4.99 Å². The first kappa shape index (κ1) is 12.1. The van der Waals surface area contributed by atoms with Crippen LogP contribution in [0.1, 0.15) is 39.0 Å². The van der Waals surface area contributed by atoms with Crippen LogP contribution < -0.4 is 0 Å². The van der Waals surface area contributed by atoms with Crippen molar-refractivity contribution < 1.29 is 4.79 Å². The Balaban J connectivity index is 3.38. The van der Waals surface area contributed by atoms with E-state index in [1.54, 1.807) is 6.08 Å². The predicted molar refractivity (Wildman–Crippen MR) is 59.6 cm³/mol. The smallest absolute Gasteiger partial charge is 0.211 e. The highest BCUT2D eigenvalue weighted by Gasteiger charge is 2.03. The SMILES string of the molecule is CCCCCCC(CI)N=C=O. The fourth-order valence-corrected chi connectivity index (χ4v) is 1.69. The molecule has 0 aliphatic carbocycles. The van der Waals surface area contributed by atoms with Gasteiger partial charge in [-0.15, -0.1) is 0 Å². The summed E-state index contributed by atoms with van der Waals surface area (Å²) in [6, 6.07) is 0.208. The maximum atomic E-state index is 9.97. The average molecular weight is 281 g/mol. The highest BCUT2D eigenvalue weighted by molar-refractivity contribution is 14.1. The van der Waals surface area contributed by atoms with E-state index in [0.717, 1.165) is 10.8 Å². The second kappa shape index (κ2) is 9.20. The van der Waals surface area contributed by atoms with Crippen LogP contribution in [0.3, 0.4) is 0 Å². The van der Waals surface area contributed by atoms with Gasteiger partial charge in [0.05, 0.1) is 6.04 Å². The van der Waals surface area contributed by atoms with Gasteiger partial charge in [0.1, 0.15) is 0 Å². The molecular weight excluding hydrogens is 265 g/mol. The maximum absolute atomic E-state index is 9.97. The van der Waals surface area contributed by atoms with Crippen LogP contribution in [-0.2, 0) is 4.79 Å². The number of rotatable bonds is 7. The Morgan fingerprint density at radius 3 is 2.67 bits per heavy atom. The third-order valence-electron chi connectivity index (χ3n) is 1.80. The Morgan fingerprint density at radius 1 is 1.42 bits per heavy atom. The number of carbonyl (C=O) groups excluding carboxylic acids is 1. The molecule has 0 heterocycles. The van der Waals surface area contributed by atoms with Crippen LogP contribution in [0.25, 0.3) is 0 Å². The molecule has 70 valence electrons. The molecule has 0 radical (unpaired) electrons. The van der Waals surface area contributed by atoms with Crippen molar-refractivity contribution in [2.75, 3.05) is 4.43 Å². The first-order valence-electron chi connectivity index (χ1n) is 4.48. The maximum Gasteiger partial charge on any atom is 0.235 e. The van der Waals surface area contributed by atoms with Crippen molar-refractivity contribution in [3.8, 4) is 0 Å². The molecule has 0 rings (SSSR count). The second-order valence-corrected chi connectivity index (χ2v) is 3.76. The van der Waals surface area contributed by atoms with Gasteiger partial charge in [-0.1, -0.05) is 55.2 Å². The Labute approximate surface area is 88.0 Å². The summed E-state index contributed by atoms with van der Waals surface area (Å²) in [7, 11) is 0. The summed E-state index contributed by atoms with van der Waals surface area (Å²) in [4.78, 5) is 13.7. The van der Waals surface area contributed by atoms with Crippen molar-refractivity contribution in [1.29, 1.82) is 0 Å². The Bertz CT molecular complexity index is 143. The predicted octanol–water partition coefficient (Wildman–Crippen LogP) is 3.10. The fourth-order valence-electron chi connectivity index (χ4n) is 1.06. The number of isocyanates is 1. The normalized spacial score (nSPS) is 12.2. The number of hydrogen-bond acceptors (Lipinski definition) is 2. The molecule has 0 fully saturated rings. The Hall–Kier alpha value is 0.110. The van der Waals surface area contributed by atoms with Crippen molar-refractivity contribution in [2.45, 2.75) is 45.1 Å². The molecule has 0 aliphatic rings. The van der Waals surface area contributed by atoms with Gasteiger partial charge in [0.25, 0.3) is 0 Å². The molecule has 12 heavy (non-hydrogen) atoms. The van der Waals surface area contributed by atoms with E-state index in [-0.39, 0.29) is 6.04 Å². The molecule has 0 saturated heterocycles. The van der Waals surface area contributed by atoms with E-state index in [0.29, 0.717) is 0 Å². The zero-order chi connectivity index (χ0) is 9.23. The van der Waals surface area contributed by atoms with Crippen LogP contribution in [0, 0.1) is 0 Å². The van der Waals surface area contributed by atoms with Gasteiger partial charge >= 0.3 is 0 Å². The molecule has 1 atom stereocenters. The zero-order valence-corrected chi connectivity index (χ0v) is 9.71. The molecule has 0 bridgehead atoms. The molecule has 0 amide bonds. The lowest BCUT2D eigenvalue weighted by Crippen LogP contribution is -2.04. The number of nitrogens with zero attached hydrogens (tertiary/aromatic N) is 1. The quantitative estimate of drug-likeness (QED) is 0.232. The molecule has 0 aliphatic heterocycles. The molecule has 0 saturated carbocycles. The minimum Gasteiger partial charge on any atom is -0.211 e. The van der Waals surface area contributed by atoms with Crippen LogP contribution in [0.5, 0.6) is 0 Å². The highest BCUT2D eigenvalue weighted by atomic mass is 127. The average Bonchev–Trinajstić information content (AvgIpc) is 2.10. The summed E-state index contributed by atoms with van der Waals surface area (Å²) < 4.78 is 0.930. The van der Waals surface area contributed by atoms with E-state index in [2.05, 4.69) is 34.5 Å². The van der Waals surface area contributed by atoms with Crippen LogP contribution in [0.2, 0.25) is 0 Å². The standard InChI is InChI=1S/C9H16INO/c1-2-3-4-5-6-9(7-10)11-8-12/h9H,2-7H2,1H3. The van der Waals surface area contributed by atoms with Gasteiger partial charge in [0.15, 0.2) is 0 Å². The monoisotopic (exact) mass is 281 g/mol. The van der Waals surface area contributed by atoms with Crippen LogP contribution in [0.4, 0.5) is 0 Å². The molecule has 0 N–H and O–H groups in total. The topological polar surface area (TPSA) is 29.4 Å². The summed E-state index contributed by atoms with van der Waals surface area (Å²) in [5.41, 5.74) is 0. The molecule has 0 aromatic carbocycles. The number of halogens is 1. The van der Waals surface area contributed by atoms with Gasteiger partial charge in [-0.2, -0.15) is 0 Å². The van der Waals surface area contributed by atoms with Crippen LogP contribution in [-0.4, -0.2) is 16.5 Å². The van der Waals surface area contributed by atoms with Gasteiger partial charge < -0.3 is 0 Å². The molecule has 2 nitrogen and oxygen atoms in total. The van der Waals surface area contributed by atoms with Crippen LogP contribution >= 0.6 is 22.6 Å². The van der Waals surface area contributed by atoms with E-state index in [1.807, 2.05) is 0 Å². The van der Waals surface area contributed by atoms with E-state index in [9.17, 15) is 4.79 Å². The minimum atomic E-state index is 0.208. The van der Waals surface area contributed by atoms with Gasteiger partial charge in [0.2, 0.25) is 6.08 Å². The van der Waals surface area contributed by atoms with Crippen molar-refractivity contribution >= 4 is 28.7 Å². The molecule has 0 aromatic heterocycles. The summed E-state index contributed by atoms with van der Waals surface area (Å²) in [6.07, 6.45) is 7.67. The molecular formula is C9H16INO. The third-order valence-corrected chi connectivity index (χ3v) is 2.82. The van der Waals surface area contributed by atoms with Crippen molar-refractivity contribution in [2.24, 2.45) is 4.99 Å². The van der Waals surface area contributed by atoms with E-state index in [1.165, 1.54) is 25.7 Å². The zero-order valence-electron chi connectivity index (χ0n) is 7.55. The molecule has 3 heteroatoms. The largest absolute Gasteiger partial charge is 0.235 e. The number of unbranched alkanes of at least 4 members (excludes halogenated alkanes) is 3. The van der Waals surface area contributed by atoms with Gasteiger partial charge in [-0.25, -0.2) is 9.79 Å². The lowest BCUT2D eigenvalue weighted by atomic mass is 10.1. The fraction of sp³-hybridized carbons (Fsp3) is 0.889. The van der Waals surface area contributed by atoms with E-state index < -0.39 is 0 Å². The minimum absolute atomic E-state index is 0.208. The third kappa shape index (κ3) is 6.80. The van der Waals surface area contributed by atoms with Crippen molar-refractivity contribution in [3.05, 3.63) is 0 Å².